The van der Waals surface area contributed by atoms with E-state index < -0.39 is 0 Å². The second kappa shape index (κ2) is 9.69. The van der Waals surface area contributed by atoms with Crippen LogP contribution >= 0.6 is 23.5 Å². The number of anilines is 1. The quantitative estimate of drug-likeness (QED) is 0.617. The maximum Gasteiger partial charge on any atom is 0.244 e. The van der Waals surface area contributed by atoms with Crippen molar-refractivity contribution in [1.82, 2.24) is 14.5 Å². The molecule has 4 rings (SSSR count). The van der Waals surface area contributed by atoms with Crippen LogP contribution < -0.4 is 5.32 Å². The summed E-state index contributed by atoms with van der Waals surface area (Å²) in [6.07, 6.45) is 2.05. The van der Waals surface area contributed by atoms with Crippen molar-refractivity contribution >= 4 is 46.2 Å². The molecule has 7 heteroatoms. The highest BCUT2D eigenvalue weighted by Gasteiger charge is 2.16. The van der Waals surface area contributed by atoms with Crippen molar-refractivity contribution in [2.24, 2.45) is 0 Å². The number of thioether (sulfide) groups is 2. The van der Waals surface area contributed by atoms with E-state index in [0.29, 0.717) is 0 Å². The van der Waals surface area contributed by atoms with Gasteiger partial charge >= 0.3 is 0 Å². The molecule has 0 aliphatic carbocycles. The predicted octanol–water partition coefficient (Wildman–Crippen LogP) is 4.09. The molecule has 1 saturated heterocycles. The van der Waals surface area contributed by atoms with E-state index in [1.54, 1.807) is 11.8 Å². The highest BCUT2D eigenvalue weighted by molar-refractivity contribution is 7.99. The van der Waals surface area contributed by atoms with E-state index in [2.05, 4.69) is 22.5 Å². The van der Waals surface area contributed by atoms with E-state index in [1.165, 1.54) is 17.1 Å². The maximum atomic E-state index is 12.9. The summed E-state index contributed by atoms with van der Waals surface area (Å²) in [5.74, 6) is 4.07. The highest BCUT2D eigenvalue weighted by Crippen LogP contribution is 2.22. The first-order valence-electron chi connectivity index (χ1n) is 9.85. The largest absolute Gasteiger partial charge is 0.324 e. The molecule has 3 aromatic rings. The Morgan fingerprint density at radius 3 is 2.72 bits per heavy atom. The van der Waals surface area contributed by atoms with Crippen LogP contribution in [0.5, 0.6) is 0 Å². The third kappa shape index (κ3) is 4.97. The van der Waals surface area contributed by atoms with Gasteiger partial charge in [-0.2, -0.15) is 23.5 Å². The minimum atomic E-state index is -0.0165. The Morgan fingerprint density at radius 2 is 1.90 bits per heavy atom. The van der Waals surface area contributed by atoms with Crippen molar-refractivity contribution in [3.05, 3.63) is 59.9 Å². The number of carbonyl (C=O) groups is 1. The number of rotatable bonds is 7. The third-order valence-electron chi connectivity index (χ3n) is 5.10. The van der Waals surface area contributed by atoms with Crippen LogP contribution in [0.15, 0.2) is 48.5 Å². The zero-order valence-electron chi connectivity index (χ0n) is 16.6. The molecule has 0 saturated carbocycles. The number of nitrogens with one attached hydrogen (secondary N) is 1. The van der Waals surface area contributed by atoms with E-state index in [-0.39, 0.29) is 12.5 Å². The summed E-state index contributed by atoms with van der Waals surface area (Å²) in [7, 11) is 0. The van der Waals surface area contributed by atoms with Crippen molar-refractivity contribution in [3.63, 3.8) is 0 Å². The molecule has 0 atom stereocenters. The monoisotopic (exact) mass is 426 g/mol. The van der Waals surface area contributed by atoms with E-state index in [9.17, 15) is 4.79 Å². The summed E-state index contributed by atoms with van der Waals surface area (Å²) in [6, 6.07) is 16.2. The van der Waals surface area contributed by atoms with Gasteiger partial charge in [0.1, 0.15) is 12.4 Å². The molecule has 1 fully saturated rings. The number of hydrogen-bond acceptors (Lipinski definition) is 5. The molecule has 1 amide bonds. The minimum absolute atomic E-state index is 0.0165. The van der Waals surface area contributed by atoms with Crippen LogP contribution in [-0.4, -0.2) is 51.2 Å². The van der Waals surface area contributed by atoms with Gasteiger partial charge in [-0.3, -0.25) is 9.69 Å². The van der Waals surface area contributed by atoms with Crippen LogP contribution in [-0.2, 0) is 23.6 Å². The third-order valence-corrected chi connectivity index (χ3v) is 6.59. The average Bonchev–Trinajstić information content (AvgIpc) is 3.08. The molecule has 29 heavy (non-hydrogen) atoms. The number of benzene rings is 2. The van der Waals surface area contributed by atoms with E-state index >= 15 is 0 Å². The van der Waals surface area contributed by atoms with Crippen LogP contribution in [0, 0.1) is 0 Å². The number of nitrogens with zero attached hydrogens (tertiary/aromatic N) is 3. The lowest BCUT2D eigenvalue weighted by molar-refractivity contribution is -0.116. The Balaban J connectivity index is 1.51. The standard InChI is InChI=1S/C22H26N4OS2/c1-28-16-21-23-19-8-4-5-9-20(19)26(21)15-22(27)24-18-7-3-2-6-17(18)14-25-10-12-29-13-11-25/h2-9H,10-16H2,1H3,(H,24,27). The van der Waals surface area contributed by atoms with Crippen molar-refractivity contribution in [3.8, 4) is 0 Å². The van der Waals surface area contributed by atoms with Gasteiger partial charge in [-0.05, 0) is 30.0 Å². The lowest BCUT2D eigenvalue weighted by Crippen LogP contribution is -2.32. The van der Waals surface area contributed by atoms with Crippen molar-refractivity contribution in [1.29, 1.82) is 0 Å². The Bertz CT molecular complexity index is 982. The molecule has 1 aliphatic heterocycles. The lowest BCUT2D eigenvalue weighted by Gasteiger charge is -2.27. The van der Waals surface area contributed by atoms with Gasteiger partial charge in [0.25, 0.3) is 0 Å². The normalized spacial score (nSPS) is 14.9. The van der Waals surface area contributed by atoms with E-state index in [1.807, 2.05) is 58.8 Å². The van der Waals surface area contributed by atoms with Crippen LogP contribution in [0.25, 0.3) is 11.0 Å². The van der Waals surface area contributed by atoms with Gasteiger partial charge in [0.2, 0.25) is 5.91 Å². The first-order valence-corrected chi connectivity index (χ1v) is 12.4. The fourth-order valence-corrected chi connectivity index (χ4v) is 5.11. The zero-order chi connectivity index (χ0) is 20.1. The van der Waals surface area contributed by atoms with Gasteiger partial charge in [-0.1, -0.05) is 30.3 Å². The molecule has 1 aromatic heterocycles. The Labute approximate surface area is 180 Å². The molecule has 0 bridgehead atoms. The van der Waals surface area contributed by atoms with Crippen LogP contribution in [0.3, 0.4) is 0 Å². The van der Waals surface area contributed by atoms with Crippen LogP contribution in [0.4, 0.5) is 5.69 Å². The summed E-state index contributed by atoms with van der Waals surface area (Å²) >= 11 is 3.73. The van der Waals surface area contributed by atoms with Crippen LogP contribution in [0.2, 0.25) is 0 Å². The van der Waals surface area contributed by atoms with Gasteiger partial charge in [0, 0.05) is 36.8 Å². The Morgan fingerprint density at radius 1 is 1.14 bits per heavy atom. The molecular weight excluding hydrogens is 400 g/mol. The SMILES string of the molecule is CSCc1nc2ccccc2n1CC(=O)Nc1ccccc1CN1CCSCC1. The van der Waals surface area contributed by atoms with E-state index in [4.69, 9.17) is 4.98 Å². The molecular formula is C22H26N4OS2. The minimum Gasteiger partial charge on any atom is -0.324 e. The topological polar surface area (TPSA) is 50.2 Å². The lowest BCUT2D eigenvalue weighted by atomic mass is 10.1. The number of aromatic nitrogens is 2. The molecule has 1 N–H and O–H groups in total. The first-order chi connectivity index (χ1) is 14.2. The smallest absolute Gasteiger partial charge is 0.244 e. The molecule has 5 nitrogen and oxygen atoms in total. The van der Waals surface area contributed by atoms with Crippen molar-refractivity contribution in [2.75, 3.05) is 36.2 Å². The molecule has 0 radical (unpaired) electrons. The van der Waals surface area contributed by atoms with Gasteiger partial charge < -0.3 is 9.88 Å². The molecule has 152 valence electrons. The van der Waals surface area contributed by atoms with Crippen molar-refractivity contribution in [2.45, 2.75) is 18.8 Å². The molecule has 0 unspecified atom stereocenters. The summed E-state index contributed by atoms with van der Waals surface area (Å²) in [6.45, 7) is 3.35. The Hall–Kier alpha value is -1.96. The average molecular weight is 427 g/mol. The Kier molecular flexibility index (Phi) is 6.79. The maximum absolute atomic E-state index is 12.9. The summed E-state index contributed by atoms with van der Waals surface area (Å²) in [5.41, 5.74) is 4.03. The summed E-state index contributed by atoms with van der Waals surface area (Å²) < 4.78 is 2.03. The number of para-hydroxylation sites is 3. The number of hydrogen-bond donors (Lipinski definition) is 1. The molecule has 0 spiro atoms. The number of carbonyl (C=O) groups excluding carboxylic acids is 1. The number of fused-ring (bicyclic) bond motifs is 1. The van der Waals surface area contributed by atoms with Gasteiger partial charge in [-0.15, -0.1) is 0 Å². The summed E-state index contributed by atoms with van der Waals surface area (Å²) in [4.78, 5) is 20.1. The van der Waals surface area contributed by atoms with Gasteiger partial charge in [0.05, 0.1) is 16.8 Å². The van der Waals surface area contributed by atoms with Crippen LogP contribution in [0.1, 0.15) is 11.4 Å². The second-order valence-electron chi connectivity index (χ2n) is 7.13. The fourth-order valence-electron chi connectivity index (χ4n) is 3.65. The van der Waals surface area contributed by atoms with Crippen molar-refractivity contribution < 1.29 is 4.79 Å². The number of amides is 1. The second-order valence-corrected chi connectivity index (χ2v) is 9.22. The first kappa shape index (κ1) is 20.3. The fraction of sp³-hybridized carbons (Fsp3) is 0.364. The highest BCUT2D eigenvalue weighted by atomic mass is 32.2. The zero-order valence-corrected chi connectivity index (χ0v) is 18.3. The molecule has 2 heterocycles. The van der Waals surface area contributed by atoms with E-state index in [0.717, 1.165) is 47.9 Å². The predicted molar refractivity (Wildman–Crippen MR) is 125 cm³/mol. The van der Waals surface area contributed by atoms with Gasteiger partial charge in [-0.25, -0.2) is 4.98 Å². The summed E-state index contributed by atoms with van der Waals surface area (Å²) in [5, 5.41) is 3.15. The molecule has 2 aromatic carbocycles. The number of imidazole rings is 1. The molecule has 1 aliphatic rings. The van der Waals surface area contributed by atoms with Gasteiger partial charge in [0.15, 0.2) is 0 Å².